The van der Waals surface area contributed by atoms with Crippen molar-refractivity contribution in [2.75, 3.05) is 26.3 Å². The van der Waals surface area contributed by atoms with E-state index in [0.717, 1.165) is 12.0 Å². The number of hydrogen-bond acceptors (Lipinski definition) is 7. The summed E-state index contributed by atoms with van der Waals surface area (Å²) in [5, 5.41) is 13.3. The van der Waals surface area contributed by atoms with Crippen molar-refractivity contribution in [2.45, 2.75) is 70.3 Å². The lowest BCUT2D eigenvalue weighted by molar-refractivity contribution is -0.0907. The zero-order valence-electron chi connectivity index (χ0n) is 20.4. The summed E-state index contributed by atoms with van der Waals surface area (Å²) in [5.41, 5.74) is 0.905. The van der Waals surface area contributed by atoms with Gasteiger partial charge in [0.2, 0.25) is 10.0 Å². The molecule has 2 aliphatic rings. The molecule has 192 valence electrons. The largest absolute Gasteiger partial charge is 0.443 e. The van der Waals surface area contributed by atoms with E-state index in [4.69, 9.17) is 14.2 Å². The van der Waals surface area contributed by atoms with Crippen molar-refractivity contribution in [1.82, 2.24) is 9.62 Å². The van der Waals surface area contributed by atoms with E-state index in [-0.39, 0.29) is 37.8 Å². The van der Waals surface area contributed by atoms with Crippen LogP contribution in [0.25, 0.3) is 0 Å². The van der Waals surface area contributed by atoms with Crippen LogP contribution in [0.15, 0.2) is 30.3 Å². The molecule has 0 aliphatic carbocycles. The van der Waals surface area contributed by atoms with Crippen molar-refractivity contribution in [2.24, 2.45) is 11.8 Å². The second kappa shape index (κ2) is 11.8. The summed E-state index contributed by atoms with van der Waals surface area (Å²) in [5.74, 6) is 0.0798. The summed E-state index contributed by atoms with van der Waals surface area (Å²) in [6.45, 7) is 8.09. The van der Waals surface area contributed by atoms with Crippen molar-refractivity contribution in [3.63, 3.8) is 0 Å². The van der Waals surface area contributed by atoms with Crippen LogP contribution < -0.4 is 5.32 Å². The van der Waals surface area contributed by atoms with Crippen LogP contribution in [-0.4, -0.2) is 80.0 Å². The molecule has 2 N–H and O–H groups in total. The first-order chi connectivity index (χ1) is 16.1. The van der Waals surface area contributed by atoms with Gasteiger partial charge in [-0.15, -0.1) is 0 Å². The second-order valence-corrected chi connectivity index (χ2v) is 12.3. The molecule has 1 amide bonds. The summed E-state index contributed by atoms with van der Waals surface area (Å²) >= 11 is 0. The summed E-state index contributed by atoms with van der Waals surface area (Å²) in [6.07, 6.45) is -1.47. The minimum absolute atomic E-state index is 0.000893. The van der Waals surface area contributed by atoms with E-state index in [1.165, 1.54) is 4.31 Å². The molecule has 1 aromatic carbocycles. The van der Waals surface area contributed by atoms with Crippen LogP contribution in [0.5, 0.6) is 0 Å². The van der Waals surface area contributed by atoms with Gasteiger partial charge >= 0.3 is 6.09 Å². The van der Waals surface area contributed by atoms with Crippen LogP contribution in [0.1, 0.15) is 39.7 Å². The van der Waals surface area contributed by atoms with E-state index in [9.17, 15) is 18.3 Å². The Morgan fingerprint density at radius 3 is 2.53 bits per heavy atom. The Kier molecular flexibility index (Phi) is 9.34. The van der Waals surface area contributed by atoms with Gasteiger partial charge in [-0.1, -0.05) is 44.2 Å². The minimum Gasteiger partial charge on any atom is -0.443 e. The van der Waals surface area contributed by atoms with Crippen LogP contribution in [0.4, 0.5) is 4.79 Å². The van der Waals surface area contributed by atoms with Gasteiger partial charge in [0.05, 0.1) is 36.5 Å². The lowest BCUT2D eigenvalue weighted by Crippen LogP contribution is -2.52. The average Bonchev–Trinajstić information content (AvgIpc) is 3.38. The molecular formula is C24H38N2O7S. The molecule has 2 saturated heterocycles. The standard InChI is InChI=1S/C24H38N2O7S/c1-16(2)13-26(34(29,30)17(3)4)14-21(27)20(12-18-8-6-5-7-9-18)25-24(28)33-22-15-32-23-19(22)10-11-31-23/h5-9,16-17,19-23,27H,10-15H2,1-4H3,(H,25,28). The number of carbonyl (C=O) groups is 1. The van der Waals surface area contributed by atoms with Crippen LogP contribution in [0, 0.1) is 11.8 Å². The fourth-order valence-electron chi connectivity index (χ4n) is 4.35. The first-order valence-electron chi connectivity index (χ1n) is 12.0. The maximum atomic E-state index is 12.9. The number of aliphatic hydroxyl groups is 1. The molecule has 0 saturated carbocycles. The molecule has 0 spiro atoms. The maximum absolute atomic E-state index is 12.9. The summed E-state index contributed by atoms with van der Waals surface area (Å²) in [7, 11) is -3.59. The van der Waals surface area contributed by atoms with Crippen LogP contribution in [0.2, 0.25) is 0 Å². The van der Waals surface area contributed by atoms with E-state index >= 15 is 0 Å². The molecule has 9 nitrogen and oxygen atoms in total. The number of amides is 1. The van der Waals surface area contributed by atoms with Crippen LogP contribution in [-0.2, 0) is 30.7 Å². The van der Waals surface area contributed by atoms with Crippen LogP contribution in [0.3, 0.4) is 0 Å². The summed E-state index contributed by atoms with van der Waals surface area (Å²) in [4.78, 5) is 12.8. The maximum Gasteiger partial charge on any atom is 0.407 e. The predicted octanol–water partition coefficient (Wildman–Crippen LogP) is 2.14. The van der Waals surface area contributed by atoms with Crippen molar-refractivity contribution < 1.29 is 32.5 Å². The number of fused-ring (bicyclic) bond motifs is 1. The highest BCUT2D eigenvalue weighted by Crippen LogP contribution is 2.33. The molecule has 34 heavy (non-hydrogen) atoms. The molecule has 10 heteroatoms. The van der Waals surface area contributed by atoms with Gasteiger partial charge in [-0.3, -0.25) is 0 Å². The molecule has 0 bridgehead atoms. The second-order valence-electron chi connectivity index (χ2n) is 9.78. The average molecular weight is 499 g/mol. The highest BCUT2D eigenvalue weighted by atomic mass is 32.2. The number of nitrogens with zero attached hydrogens (tertiary/aromatic N) is 1. The van der Waals surface area contributed by atoms with Gasteiger partial charge in [-0.05, 0) is 38.2 Å². The molecule has 0 aromatic heterocycles. The number of carbonyl (C=O) groups excluding carboxylic acids is 1. The van der Waals surface area contributed by atoms with Gasteiger partial charge in [0, 0.05) is 13.1 Å². The zero-order chi connectivity index (χ0) is 24.9. The number of rotatable bonds is 11. The lowest BCUT2D eigenvalue weighted by Gasteiger charge is -2.31. The fraction of sp³-hybridized carbons (Fsp3) is 0.708. The Labute approximate surface area is 202 Å². The molecule has 2 fully saturated rings. The fourth-order valence-corrected chi connectivity index (χ4v) is 5.81. The number of ether oxygens (including phenoxy) is 3. The topological polar surface area (TPSA) is 114 Å². The predicted molar refractivity (Wildman–Crippen MR) is 128 cm³/mol. The van der Waals surface area contributed by atoms with Gasteiger partial charge in [0.15, 0.2) is 6.29 Å². The van der Waals surface area contributed by atoms with Gasteiger partial charge in [-0.2, -0.15) is 4.31 Å². The van der Waals surface area contributed by atoms with Crippen molar-refractivity contribution >= 4 is 16.1 Å². The van der Waals surface area contributed by atoms with E-state index in [1.54, 1.807) is 13.8 Å². The van der Waals surface area contributed by atoms with E-state index in [1.807, 2.05) is 44.2 Å². The number of benzene rings is 1. The molecule has 2 aliphatic heterocycles. The monoisotopic (exact) mass is 498 g/mol. The number of alkyl carbamates (subject to hydrolysis) is 1. The molecule has 5 atom stereocenters. The first kappa shape index (κ1) is 26.9. The van der Waals surface area contributed by atoms with Crippen LogP contribution >= 0.6 is 0 Å². The Bertz CT molecular complexity index is 894. The Hall–Kier alpha value is -1.72. The molecule has 0 radical (unpaired) electrons. The van der Waals surface area contributed by atoms with E-state index in [0.29, 0.717) is 13.0 Å². The van der Waals surface area contributed by atoms with Gasteiger partial charge in [0.25, 0.3) is 0 Å². The third-order valence-corrected chi connectivity index (χ3v) is 8.43. The normalized spacial score (nSPS) is 24.4. The molecule has 3 rings (SSSR count). The minimum atomic E-state index is -3.59. The Morgan fingerprint density at radius 2 is 1.88 bits per heavy atom. The number of sulfonamides is 1. The summed E-state index contributed by atoms with van der Waals surface area (Å²) in [6, 6.07) is 8.69. The number of hydrogen-bond donors (Lipinski definition) is 2. The highest BCUT2D eigenvalue weighted by molar-refractivity contribution is 7.89. The Morgan fingerprint density at radius 1 is 1.18 bits per heavy atom. The zero-order valence-corrected chi connectivity index (χ0v) is 21.2. The van der Waals surface area contributed by atoms with E-state index < -0.39 is 39.6 Å². The molecule has 5 unspecified atom stereocenters. The number of aliphatic hydroxyl groups excluding tert-OH is 1. The van der Waals surface area contributed by atoms with Crippen molar-refractivity contribution in [3.8, 4) is 0 Å². The lowest BCUT2D eigenvalue weighted by atomic mass is 10.0. The van der Waals surface area contributed by atoms with Gasteiger partial charge in [-0.25, -0.2) is 13.2 Å². The van der Waals surface area contributed by atoms with Crippen molar-refractivity contribution in [1.29, 1.82) is 0 Å². The molecule has 2 heterocycles. The van der Waals surface area contributed by atoms with E-state index in [2.05, 4.69) is 5.32 Å². The van der Waals surface area contributed by atoms with Gasteiger partial charge in [0.1, 0.15) is 6.10 Å². The third-order valence-electron chi connectivity index (χ3n) is 6.22. The highest BCUT2D eigenvalue weighted by Gasteiger charge is 2.44. The SMILES string of the molecule is CC(C)CN(CC(O)C(Cc1ccccc1)NC(=O)OC1COC2OCCC12)S(=O)(=O)C(C)C. The third kappa shape index (κ3) is 6.91. The molecule has 1 aromatic rings. The summed E-state index contributed by atoms with van der Waals surface area (Å²) < 4.78 is 43.8. The quantitative estimate of drug-likeness (QED) is 0.480. The van der Waals surface area contributed by atoms with Gasteiger partial charge < -0.3 is 24.6 Å². The Balaban J connectivity index is 1.72. The van der Waals surface area contributed by atoms with Crippen molar-refractivity contribution in [3.05, 3.63) is 35.9 Å². The molecular weight excluding hydrogens is 460 g/mol. The first-order valence-corrected chi connectivity index (χ1v) is 13.5. The number of nitrogens with one attached hydrogen (secondary N) is 1. The smallest absolute Gasteiger partial charge is 0.407 e.